The van der Waals surface area contributed by atoms with Gasteiger partial charge in [-0.3, -0.25) is 4.99 Å². The van der Waals surface area contributed by atoms with E-state index in [9.17, 15) is 9.82 Å². The Morgan fingerprint density at radius 2 is 2.21 bits per heavy atom. The maximum atomic E-state index is 10.8. The molecule has 0 amide bonds. The van der Waals surface area contributed by atoms with E-state index in [1.807, 2.05) is 12.1 Å². The number of benzene rings is 1. The Bertz CT molecular complexity index is 775. The number of hydrogen-bond donors (Lipinski definition) is 1. The summed E-state index contributed by atoms with van der Waals surface area (Å²) < 4.78 is 10.9. The molecule has 7 heteroatoms. The highest BCUT2D eigenvalue weighted by molar-refractivity contribution is 6.61. The number of hydrogen-bond acceptors (Lipinski definition) is 6. The fourth-order valence-electron chi connectivity index (χ4n) is 2.19. The lowest BCUT2D eigenvalue weighted by Crippen LogP contribution is -2.27. The number of rotatable bonds is 5. The van der Waals surface area contributed by atoms with Gasteiger partial charge in [0, 0.05) is 24.0 Å². The van der Waals surface area contributed by atoms with Crippen LogP contribution in [0.2, 0.25) is 0 Å². The van der Waals surface area contributed by atoms with E-state index in [1.54, 1.807) is 44.5 Å². The lowest BCUT2D eigenvalue weighted by molar-refractivity contribution is -0.111. The van der Waals surface area contributed by atoms with Crippen molar-refractivity contribution in [3.8, 4) is 11.6 Å². The largest absolute Gasteiger partial charge is 0.491 e. The molecule has 1 N–H and O–H groups in total. The number of aldehydes is 1. The SMILES string of the molecule is CC(C)(C=O)N=Cc1ccc(Oc2ccc3c(c2)COB3O)nc1. The van der Waals surface area contributed by atoms with Crippen molar-refractivity contribution in [1.29, 1.82) is 0 Å². The first-order valence-corrected chi connectivity index (χ1v) is 7.55. The van der Waals surface area contributed by atoms with Crippen molar-refractivity contribution >= 4 is 25.1 Å². The van der Waals surface area contributed by atoms with Crippen LogP contribution >= 0.6 is 0 Å². The Hall–Kier alpha value is -2.51. The van der Waals surface area contributed by atoms with Crippen LogP contribution in [0.5, 0.6) is 11.6 Å². The van der Waals surface area contributed by atoms with Gasteiger partial charge in [-0.1, -0.05) is 6.07 Å². The summed E-state index contributed by atoms with van der Waals surface area (Å²) in [6.07, 6.45) is 4.03. The molecule has 1 aromatic carbocycles. The number of ether oxygens (including phenoxy) is 1. The molecule has 0 saturated heterocycles. The molecule has 24 heavy (non-hydrogen) atoms. The average molecular weight is 324 g/mol. The first-order valence-electron chi connectivity index (χ1n) is 7.55. The third kappa shape index (κ3) is 3.69. The summed E-state index contributed by atoms with van der Waals surface area (Å²) in [5.41, 5.74) is 1.70. The number of fused-ring (bicyclic) bond motifs is 1. The molecule has 0 atom stereocenters. The van der Waals surface area contributed by atoms with Crippen LogP contribution in [0.15, 0.2) is 41.5 Å². The van der Waals surface area contributed by atoms with Crippen molar-refractivity contribution in [3.05, 3.63) is 47.7 Å². The molecule has 2 aromatic rings. The van der Waals surface area contributed by atoms with Gasteiger partial charge >= 0.3 is 7.12 Å². The van der Waals surface area contributed by atoms with Crippen LogP contribution in [0.4, 0.5) is 0 Å². The molecule has 1 aliphatic rings. The predicted octanol–water partition coefficient (Wildman–Crippen LogP) is 1.49. The lowest BCUT2D eigenvalue weighted by Gasteiger charge is -2.09. The van der Waals surface area contributed by atoms with Gasteiger partial charge in [0.25, 0.3) is 0 Å². The number of aliphatic imine (C=N–C) groups is 1. The third-order valence-corrected chi connectivity index (χ3v) is 3.59. The highest BCUT2D eigenvalue weighted by atomic mass is 16.5. The summed E-state index contributed by atoms with van der Waals surface area (Å²) in [6.45, 7) is 3.83. The van der Waals surface area contributed by atoms with E-state index < -0.39 is 12.7 Å². The zero-order valence-corrected chi connectivity index (χ0v) is 13.5. The normalized spacial score (nSPS) is 14.0. The van der Waals surface area contributed by atoms with E-state index >= 15 is 0 Å². The first-order chi connectivity index (χ1) is 11.5. The molecule has 0 bridgehead atoms. The van der Waals surface area contributed by atoms with E-state index in [0.717, 1.165) is 22.9 Å². The number of nitrogens with zero attached hydrogens (tertiary/aromatic N) is 2. The standard InChI is InChI=1S/C17H17BN2O4/c1-17(2,11-21)20-9-12-3-6-16(19-8-12)24-14-4-5-15-13(7-14)10-23-18(15)22/h3-9,11,22H,10H2,1-2H3. The maximum Gasteiger partial charge on any atom is 0.491 e. The molecule has 0 fully saturated rings. The van der Waals surface area contributed by atoms with Gasteiger partial charge in [0.15, 0.2) is 0 Å². The van der Waals surface area contributed by atoms with E-state index in [2.05, 4.69) is 9.98 Å². The minimum atomic E-state index is -0.860. The minimum absolute atomic E-state index is 0.364. The number of pyridine rings is 1. The molecule has 0 aliphatic carbocycles. The molecular formula is C17H17BN2O4. The molecule has 0 spiro atoms. The Balaban J connectivity index is 1.70. The second-order valence-corrected chi connectivity index (χ2v) is 6.09. The monoisotopic (exact) mass is 324 g/mol. The van der Waals surface area contributed by atoms with Crippen molar-refractivity contribution in [2.75, 3.05) is 0 Å². The second-order valence-electron chi connectivity index (χ2n) is 6.09. The predicted molar refractivity (Wildman–Crippen MR) is 90.9 cm³/mol. The van der Waals surface area contributed by atoms with Gasteiger partial charge in [-0.15, -0.1) is 0 Å². The molecule has 0 unspecified atom stereocenters. The zero-order valence-electron chi connectivity index (χ0n) is 13.5. The highest BCUT2D eigenvalue weighted by Crippen LogP contribution is 2.22. The summed E-state index contributed by atoms with van der Waals surface area (Å²) >= 11 is 0. The lowest BCUT2D eigenvalue weighted by atomic mass is 9.80. The molecule has 2 heterocycles. The van der Waals surface area contributed by atoms with Crippen molar-refractivity contribution in [3.63, 3.8) is 0 Å². The van der Waals surface area contributed by atoms with Gasteiger partial charge in [-0.2, -0.15) is 0 Å². The Morgan fingerprint density at radius 1 is 1.38 bits per heavy atom. The smallest absolute Gasteiger partial charge is 0.439 e. The Labute approximate surface area is 140 Å². The molecule has 6 nitrogen and oxygen atoms in total. The van der Waals surface area contributed by atoms with Gasteiger partial charge in [0.1, 0.15) is 17.6 Å². The number of aromatic nitrogens is 1. The summed E-state index contributed by atoms with van der Waals surface area (Å²) in [7, 11) is -0.860. The first kappa shape index (κ1) is 16.4. The van der Waals surface area contributed by atoms with Crippen molar-refractivity contribution < 1.29 is 19.2 Å². The van der Waals surface area contributed by atoms with Crippen LogP contribution in [0, 0.1) is 0 Å². The highest BCUT2D eigenvalue weighted by Gasteiger charge is 2.27. The molecule has 3 rings (SSSR count). The summed E-state index contributed by atoms with van der Waals surface area (Å²) in [6, 6.07) is 8.92. The van der Waals surface area contributed by atoms with Gasteiger partial charge < -0.3 is 19.2 Å². The third-order valence-electron chi connectivity index (χ3n) is 3.59. The molecule has 0 saturated carbocycles. The van der Waals surface area contributed by atoms with Crippen LogP contribution in [0.3, 0.4) is 0 Å². The van der Waals surface area contributed by atoms with Crippen LogP contribution in [0.1, 0.15) is 25.0 Å². The van der Waals surface area contributed by atoms with Gasteiger partial charge in [-0.25, -0.2) is 4.98 Å². The Morgan fingerprint density at radius 3 is 2.92 bits per heavy atom. The molecule has 0 radical (unpaired) electrons. The fourth-order valence-corrected chi connectivity index (χ4v) is 2.19. The van der Waals surface area contributed by atoms with Crippen LogP contribution in [-0.2, 0) is 16.1 Å². The summed E-state index contributed by atoms with van der Waals surface area (Å²) in [5.74, 6) is 1.07. The van der Waals surface area contributed by atoms with Crippen LogP contribution in [0.25, 0.3) is 0 Å². The second kappa shape index (κ2) is 6.55. The van der Waals surface area contributed by atoms with Crippen molar-refractivity contribution in [2.45, 2.75) is 26.0 Å². The van der Waals surface area contributed by atoms with Gasteiger partial charge in [0.2, 0.25) is 5.88 Å². The quantitative estimate of drug-likeness (QED) is 0.512. The number of carbonyl (C=O) groups excluding carboxylic acids is 1. The summed E-state index contributed by atoms with van der Waals surface area (Å²) in [4.78, 5) is 19.3. The molecular weight excluding hydrogens is 307 g/mol. The van der Waals surface area contributed by atoms with Gasteiger partial charge in [-0.05, 0) is 43.1 Å². The van der Waals surface area contributed by atoms with E-state index in [4.69, 9.17) is 9.39 Å². The van der Waals surface area contributed by atoms with Crippen molar-refractivity contribution in [2.24, 2.45) is 4.99 Å². The molecule has 1 aliphatic heterocycles. The van der Waals surface area contributed by atoms with Crippen LogP contribution < -0.4 is 10.2 Å². The summed E-state index contributed by atoms with van der Waals surface area (Å²) in [5, 5.41) is 9.61. The van der Waals surface area contributed by atoms with E-state index in [1.165, 1.54) is 0 Å². The number of carbonyl (C=O) groups is 1. The average Bonchev–Trinajstić information content (AvgIpc) is 2.95. The fraction of sp³-hybridized carbons (Fsp3) is 0.235. The Kier molecular flexibility index (Phi) is 4.46. The van der Waals surface area contributed by atoms with Crippen molar-refractivity contribution in [1.82, 2.24) is 4.98 Å². The van der Waals surface area contributed by atoms with E-state index in [0.29, 0.717) is 18.2 Å². The van der Waals surface area contributed by atoms with Gasteiger partial charge in [0.05, 0.1) is 6.61 Å². The van der Waals surface area contributed by atoms with Crippen LogP contribution in [-0.4, -0.2) is 35.2 Å². The maximum absolute atomic E-state index is 10.8. The molecule has 1 aromatic heterocycles. The minimum Gasteiger partial charge on any atom is -0.439 e. The van der Waals surface area contributed by atoms with E-state index in [-0.39, 0.29) is 0 Å². The topological polar surface area (TPSA) is 81.0 Å². The molecule has 122 valence electrons. The zero-order chi connectivity index (χ0) is 17.2.